The van der Waals surface area contributed by atoms with E-state index in [9.17, 15) is 29.1 Å². The van der Waals surface area contributed by atoms with Crippen LogP contribution in [0.2, 0.25) is 5.82 Å². The van der Waals surface area contributed by atoms with E-state index in [1.54, 1.807) is 19.1 Å². The van der Waals surface area contributed by atoms with Crippen LogP contribution in [0.4, 0.5) is 0 Å². The summed E-state index contributed by atoms with van der Waals surface area (Å²) in [7, 11) is -0.522. The zero-order chi connectivity index (χ0) is 44.6. The van der Waals surface area contributed by atoms with Gasteiger partial charge in [-0.05, 0) is 105 Å². The molecule has 3 saturated carbocycles. The maximum Gasteiger partial charge on any atom is 0.461 e. The number of ketones is 3. The number of hydrogen-bond donors (Lipinski definition) is 5. The van der Waals surface area contributed by atoms with Gasteiger partial charge in [-0.2, -0.15) is 0 Å². The van der Waals surface area contributed by atoms with Gasteiger partial charge < -0.3 is 36.5 Å². The lowest BCUT2D eigenvalue weighted by atomic mass is 9.43. The van der Waals surface area contributed by atoms with Crippen LogP contribution in [0.3, 0.4) is 0 Å². The van der Waals surface area contributed by atoms with Crippen molar-refractivity contribution >= 4 is 36.3 Å². The van der Waals surface area contributed by atoms with Crippen molar-refractivity contribution in [3.05, 3.63) is 59.7 Å². The van der Waals surface area contributed by atoms with Crippen LogP contribution < -0.4 is 22.1 Å². The Morgan fingerprint density at radius 1 is 0.836 bits per heavy atom. The third-order valence-corrected chi connectivity index (χ3v) is 14.1. The molecular weight excluding hydrogens is 771 g/mol. The molecular formula is C48H71BN4O8. The number of Topliss-reactive ketones (excluding diaryl/α,β-unsaturated/α-hetero) is 3. The number of aryl methyl sites for hydroxylation is 1. The van der Waals surface area contributed by atoms with Gasteiger partial charge in [0.2, 0.25) is 11.8 Å². The Morgan fingerprint density at radius 2 is 1.49 bits per heavy atom. The molecule has 0 radical (unpaired) electrons. The summed E-state index contributed by atoms with van der Waals surface area (Å²) in [6.45, 7) is 14.1. The first-order valence-corrected chi connectivity index (χ1v) is 22.7. The fraction of sp³-hybridized carbons (Fsp3) is 0.646. The molecule has 4 aliphatic rings. The fourth-order valence-corrected chi connectivity index (χ4v) is 9.80. The van der Waals surface area contributed by atoms with Crippen molar-refractivity contribution in [3.63, 3.8) is 0 Å². The highest BCUT2D eigenvalue weighted by atomic mass is 16.7. The second kappa shape index (κ2) is 21.1. The number of carbonyl (C=O) groups excluding carboxylic acids is 5. The third-order valence-electron chi connectivity index (χ3n) is 14.1. The molecule has 61 heavy (non-hydrogen) atoms. The summed E-state index contributed by atoms with van der Waals surface area (Å²) < 4.78 is 13.0. The number of benzene rings is 2. The molecule has 10 atom stereocenters. The van der Waals surface area contributed by atoms with E-state index in [0.29, 0.717) is 43.2 Å². The molecule has 2 aromatic carbocycles. The number of hydrogen-bond acceptors (Lipinski definition) is 10. The Bertz CT molecular complexity index is 1840. The van der Waals surface area contributed by atoms with E-state index < -0.39 is 60.3 Å². The number of aliphatic hydroxyl groups is 1. The number of nitrogens with one attached hydrogen (secondary N) is 2. The average molecular weight is 843 g/mol. The minimum atomic E-state index is -1.34. The summed E-state index contributed by atoms with van der Waals surface area (Å²) >= 11 is 0. The molecule has 12 nitrogen and oxygen atoms in total. The highest BCUT2D eigenvalue weighted by Crippen LogP contribution is 2.66. The summed E-state index contributed by atoms with van der Waals surface area (Å²) in [6, 6.07) is 13.5. The zero-order valence-electron chi connectivity index (χ0n) is 37.5. The number of carbonyl (C=O) groups is 5. The lowest BCUT2D eigenvalue weighted by Crippen LogP contribution is -2.65. The molecule has 1 heterocycles. The second-order valence-corrected chi connectivity index (χ2v) is 19.1. The second-order valence-electron chi connectivity index (χ2n) is 19.1. The molecule has 4 fully saturated rings. The molecule has 6 rings (SSSR count). The quantitative estimate of drug-likeness (QED) is 0.0475. The molecule has 334 valence electrons. The van der Waals surface area contributed by atoms with E-state index in [2.05, 4.69) is 62.6 Å². The molecule has 3 aliphatic carbocycles. The summed E-state index contributed by atoms with van der Waals surface area (Å²) in [6.07, 6.45) is 5.46. The van der Waals surface area contributed by atoms with E-state index in [-0.39, 0.29) is 54.7 Å². The van der Waals surface area contributed by atoms with Gasteiger partial charge in [0.05, 0.1) is 29.8 Å². The molecule has 2 unspecified atom stereocenters. The Kier molecular flexibility index (Phi) is 16.7. The summed E-state index contributed by atoms with van der Waals surface area (Å²) in [4.78, 5) is 67.7. The molecule has 0 aromatic heterocycles. The molecule has 2 amide bonds. The monoisotopic (exact) mass is 843 g/mol. The summed E-state index contributed by atoms with van der Waals surface area (Å²) in [5, 5.41) is 16.1. The topological polar surface area (TPSA) is 200 Å². The molecule has 7 N–H and O–H groups in total. The van der Waals surface area contributed by atoms with Gasteiger partial charge in [-0.1, -0.05) is 89.6 Å². The van der Waals surface area contributed by atoms with E-state index in [4.69, 9.17) is 20.8 Å². The Labute approximate surface area is 363 Å². The van der Waals surface area contributed by atoms with Gasteiger partial charge in [-0.25, -0.2) is 0 Å². The van der Waals surface area contributed by atoms with E-state index in [0.717, 1.165) is 43.2 Å². The van der Waals surface area contributed by atoms with E-state index in [1.807, 2.05) is 19.1 Å². The predicted octanol–water partition coefficient (Wildman–Crippen LogP) is 6.00. The summed E-state index contributed by atoms with van der Waals surface area (Å²) in [5.74, 6) is -3.18. The lowest BCUT2D eigenvalue weighted by molar-refractivity contribution is -0.199. The number of aliphatic hydroxyl groups excluding tert-OH is 1. The number of amides is 2. The van der Waals surface area contributed by atoms with Crippen LogP contribution in [0, 0.1) is 29.1 Å². The average Bonchev–Trinajstić information content (AvgIpc) is 3.61. The van der Waals surface area contributed by atoms with Crippen LogP contribution in [-0.4, -0.2) is 84.4 Å². The minimum Gasteiger partial charge on any atom is -0.405 e. The molecule has 2 aromatic rings. The van der Waals surface area contributed by atoms with Gasteiger partial charge in [-0.15, -0.1) is 0 Å². The van der Waals surface area contributed by atoms with Crippen molar-refractivity contribution in [3.8, 4) is 11.1 Å². The van der Waals surface area contributed by atoms with Crippen LogP contribution >= 0.6 is 0 Å². The molecule has 2 bridgehead atoms. The first kappa shape index (κ1) is 48.3. The highest BCUT2D eigenvalue weighted by Gasteiger charge is 2.68. The van der Waals surface area contributed by atoms with E-state index in [1.165, 1.54) is 12.5 Å². The van der Waals surface area contributed by atoms with Gasteiger partial charge in [0.25, 0.3) is 0 Å². The predicted molar refractivity (Wildman–Crippen MR) is 238 cm³/mol. The van der Waals surface area contributed by atoms with Gasteiger partial charge >= 0.3 is 7.12 Å². The SMILES string of the molecule is CCCCc1ccc(-c2ccc(C(=O)C[C@@H](CN)C(=O)N[C@H](C(=O)C[C@@H](C)C(=O)N[C@@H](CCCCN)C(=O)C[C@@H](C)B3OC4C[C@@H]5C[C@@H](C5(C)C)[C@]4(C)O3)C(C)O)cc2)cc1. The van der Waals surface area contributed by atoms with Gasteiger partial charge in [-0.3, -0.25) is 24.0 Å². The first-order chi connectivity index (χ1) is 28.9. The molecule has 0 spiro atoms. The van der Waals surface area contributed by atoms with Crippen molar-refractivity contribution in [1.29, 1.82) is 0 Å². The Morgan fingerprint density at radius 3 is 2.08 bits per heavy atom. The maximum absolute atomic E-state index is 13.8. The van der Waals surface area contributed by atoms with Crippen molar-refractivity contribution in [2.45, 2.75) is 155 Å². The molecule has 1 saturated heterocycles. The van der Waals surface area contributed by atoms with Crippen LogP contribution in [0.25, 0.3) is 11.1 Å². The zero-order valence-corrected chi connectivity index (χ0v) is 37.5. The van der Waals surface area contributed by atoms with Crippen molar-refractivity contribution < 1.29 is 38.4 Å². The van der Waals surface area contributed by atoms with Crippen LogP contribution in [-0.2, 0) is 34.9 Å². The van der Waals surface area contributed by atoms with Gasteiger partial charge in [0.1, 0.15) is 6.04 Å². The van der Waals surface area contributed by atoms with Crippen molar-refractivity contribution in [2.24, 2.45) is 40.6 Å². The minimum absolute atomic E-state index is 0.00303. The largest absolute Gasteiger partial charge is 0.461 e. The van der Waals surface area contributed by atoms with Crippen LogP contribution in [0.15, 0.2) is 48.5 Å². The number of rotatable bonds is 24. The standard InChI is InChI=1S/C48H71BN4O8/c1-8-9-12-32-14-16-33(17-15-32)34-18-20-35(21-19-34)39(55)25-36(28-51)46(59)53-44(31(4)54)41(57)23-29(2)45(58)52-38(13-10-11-22-50)40(56)24-30(3)49-60-43-27-37-26-42(47(37,5)6)48(43,7)61-49/h14-21,29-31,36-38,42-44,54H,8-13,22-28,50-51H2,1-7H3,(H,52,58)(H,53,59)/t29-,30-,31?,36+,37+,38+,42+,43?,44+,48+/m1/s1. The number of unbranched alkanes of at least 4 members (excludes halogenated alkanes) is 2. The highest BCUT2D eigenvalue weighted by molar-refractivity contribution is 6.47. The first-order valence-electron chi connectivity index (χ1n) is 22.7. The van der Waals surface area contributed by atoms with Crippen molar-refractivity contribution in [1.82, 2.24) is 10.6 Å². The normalized spacial score (nSPS) is 24.3. The van der Waals surface area contributed by atoms with Crippen LogP contribution in [0.1, 0.15) is 129 Å². The van der Waals surface area contributed by atoms with Crippen molar-refractivity contribution in [2.75, 3.05) is 13.1 Å². The number of nitrogens with two attached hydrogens (primary N) is 2. The maximum atomic E-state index is 13.8. The fourth-order valence-electron chi connectivity index (χ4n) is 9.80. The third kappa shape index (κ3) is 11.5. The van der Waals surface area contributed by atoms with E-state index >= 15 is 0 Å². The van der Waals surface area contributed by atoms with Gasteiger partial charge in [0, 0.05) is 37.3 Å². The lowest BCUT2D eigenvalue weighted by Gasteiger charge is -2.64. The smallest absolute Gasteiger partial charge is 0.405 e. The Balaban J connectivity index is 1.13. The molecule has 1 aliphatic heterocycles. The van der Waals surface area contributed by atoms with Gasteiger partial charge in [0.15, 0.2) is 17.3 Å². The summed E-state index contributed by atoms with van der Waals surface area (Å²) in [5.41, 5.74) is 15.2. The Hall–Kier alpha value is -3.75. The van der Waals surface area contributed by atoms with Crippen LogP contribution in [0.5, 0.6) is 0 Å². The molecule has 13 heteroatoms.